The summed E-state index contributed by atoms with van der Waals surface area (Å²) in [5.41, 5.74) is 6.70. The first-order valence-corrected chi connectivity index (χ1v) is 5.45. The molecular weight excluding hydrogens is 289 g/mol. The maximum Gasteiger partial charge on any atom is 0.0756 e. The summed E-state index contributed by atoms with van der Waals surface area (Å²) in [6.07, 6.45) is 0. The van der Waals surface area contributed by atoms with Gasteiger partial charge in [0.05, 0.1) is 11.2 Å². The molecule has 2 aromatic rings. The third kappa shape index (κ3) is 2.29. The average molecular weight is 303 g/mol. The number of pyridine rings is 1. The monoisotopic (exact) mass is 301 g/mol. The number of nitrogens with zero attached hydrogens (tertiary/aromatic N) is 1. The second-order valence-corrected chi connectivity index (χ2v) is 4.49. The predicted octanol–water partition coefficient (Wildman–Crippen LogP) is 3.32. The molecule has 86 valence electrons. The van der Waals surface area contributed by atoms with Gasteiger partial charge in [0, 0.05) is 15.6 Å². The molecule has 0 saturated carbocycles. The summed E-state index contributed by atoms with van der Waals surface area (Å²) in [7, 11) is 0. The van der Waals surface area contributed by atoms with Crippen molar-refractivity contribution in [2.45, 2.75) is 13.8 Å². The van der Waals surface area contributed by atoms with Crippen molar-refractivity contribution in [1.82, 2.24) is 4.98 Å². The number of hydrogen-bond donors (Lipinski definition) is 2. The third-order valence-electron chi connectivity index (χ3n) is 2.35. The van der Waals surface area contributed by atoms with Crippen molar-refractivity contribution in [1.29, 1.82) is 0 Å². The predicted molar refractivity (Wildman–Crippen MR) is 74.0 cm³/mol. The summed E-state index contributed by atoms with van der Waals surface area (Å²) in [4.78, 5) is 4.51. The number of nitrogens with two attached hydrogens (primary N) is 1. The molecule has 2 rings (SSSR count). The first-order chi connectivity index (χ1) is 7.11. The highest BCUT2D eigenvalue weighted by molar-refractivity contribution is 9.10. The summed E-state index contributed by atoms with van der Waals surface area (Å²) in [5.74, 6) is 5.49. The fraction of sp³-hybridized carbons (Fsp3) is 0.182. The molecule has 0 amide bonds. The van der Waals surface area contributed by atoms with Gasteiger partial charge in [-0.2, -0.15) is 0 Å². The van der Waals surface area contributed by atoms with E-state index in [-0.39, 0.29) is 12.4 Å². The first kappa shape index (κ1) is 13.2. The molecule has 0 saturated heterocycles. The van der Waals surface area contributed by atoms with Gasteiger partial charge in [-0.1, -0.05) is 15.9 Å². The van der Waals surface area contributed by atoms with Crippen molar-refractivity contribution in [3.63, 3.8) is 0 Å². The van der Waals surface area contributed by atoms with E-state index < -0.39 is 0 Å². The first-order valence-electron chi connectivity index (χ1n) is 4.66. The van der Waals surface area contributed by atoms with Crippen molar-refractivity contribution >= 4 is 44.9 Å². The molecular formula is C11H13BrClN3. The Morgan fingerprint density at radius 2 is 1.94 bits per heavy atom. The van der Waals surface area contributed by atoms with Gasteiger partial charge < -0.3 is 5.43 Å². The summed E-state index contributed by atoms with van der Waals surface area (Å²) in [6.45, 7) is 4.00. The number of anilines is 1. The van der Waals surface area contributed by atoms with Gasteiger partial charge in [-0.15, -0.1) is 12.4 Å². The molecule has 3 N–H and O–H groups in total. The lowest BCUT2D eigenvalue weighted by Gasteiger charge is -2.09. The van der Waals surface area contributed by atoms with Crippen LogP contribution in [0.3, 0.4) is 0 Å². The van der Waals surface area contributed by atoms with Crippen LogP contribution in [0.15, 0.2) is 22.7 Å². The van der Waals surface area contributed by atoms with Gasteiger partial charge in [0.25, 0.3) is 0 Å². The van der Waals surface area contributed by atoms with E-state index in [2.05, 4.69) is 32.4 Å². The van der Waals surface area contributed by atoms with Gasteiger partial charge in [-0.05, 0) is 37.6 Å². The maximum atomic E-state index is 5.49. The smallest absolute Gasteiger partial charge is 0.0756 e. The summed E-state index contributed by atoms with van der Waals surface area (Å²) in [6, 6.07) is 6.01. The van der Waals surface area contributed by atoms with E-state index in [1.54, 1.807) is 0 Å². The number of benzene rings is 1. The highest BCUT2D eigenvalue weighted by Crippen LogP contribution is 2.28. The van der Waals surface area contributed by atoms with Crippen LogP contribution < -0.4 is 11.3 Å². The number of rotatable bonds is 1. The fourth-order valence-electron chi connectivity index (χ4n) is 1.70. The number of halogens is 2. The Balaban J connectivity index is 0.00000128. The molecule has 0 spiro atoms. The molecule has 16 heavy (non-hydrogen) atoms. The minimum absolute atomic E-state index is 0. The number of nitrogens with one attached hydrogen (secondary N) is 1. The van der Waals surface area contributed by atoms with Crippen molar-refractivity contribution in [2.24, 2.45) is 5.84 Å². The number of fused-ring (bicyclic) bond motifs is 1. The van der Waals surface area contributed by atoms with Crippen molar-refractivity contribution in [3.05, 3.63) is 33.9 Å². The van der Waals surface area contributed by atoms with E-state index in [1.165, 1.54) is 0 Å². The quantitative estimate of drug-likeness (QED) is 0.627. The minimum Gasteiger partial charge on any atom is -0.323 e. The van der Waals surface area contributed by atoms with E-state index in [9.17, 15) is 0 Å². The molecule has 0 aliphatic heterocycles. The molecule has 0 aliphatic carbocycles. The van der Waals surface area contributed by atoms with Crippen LogP contribution >= 0.6 is 28.3 Å². The Morgan fingerprint density at radius 1 is 1.25 bits per heavy atom. The second kappa shape index (κ2) is 4.99. The molecule has 0 atom stereocenters. The Morgan fingerprint density at radius 3 is 2.56 bits per heavy atom. The zero-order chi connectivity index (χ0) is 11.0. The summed E-state index contributed by atoms with van der Waals surface area (Å²) < 4.78 is 1.04. The lowest BCUT2D eigenvalue weighted by Crippen LogP contribution is -2.08. The molecule has 1 aromatic heterocycles. The molecule has 0 fully saturated rings. The Bertz CT molecular complexity index is 528. The lowest BCUT2D eigenvalue weighted by molar-refractivity contribution is 1.22. The van der Waals surface area contributed by atoms with Gasteiger partial charge in [-0.25, -0.2) is 0 Å². The second-order valence-electron chi connectivity index (χ2n) is 3.57. The van der Waals surface area contributed by atoms with Crippen LogP contribution in [0, 0.1) is 13.8 Å². The van der Waals surface area contributed by atoms with Crippen molar-refractivity contribution in [2.75, 3.05) is 5.43 Å². The maximum absolute atomic E-state index is 5.49. The zero-order valence-corrected chi connectivity index (χ0v) is 11.4. The Hall–Kier alpha value is -0.840. The van der Waals surface area contributed by atoms with Gasteiger partial charge >= 0.3 is 0 Å². The van der Waals surface area contributed by atoms with Crippen LogP contribution in [0.5, 0.6) is 0 Å². The van der Waals surface area contributed by atoms with E-state index in [1.807, 2.05) is 26.0 Å². The number of nitrogen functional groups attached to an aromatic ring is 1. The van der Waals surface area contributed by atoms with Crippen LogP contribution in [-0.4, -0.2) is 4.98 Å². The molecule has 0 radical (unpaired) electrons. The van der Waals surface area contributed by atoms with Crippen LogP contribution in [0.4, 0.5) is 5.69 Å². The van der Waals surface area contributed by atoms with E-state index in [0.29, 0.717) is 0 Å². The minimum atomic E-state index is 0. The summed E-state index contributed by atoms with van der Waals surface area (Å²) in [5, 5.41) is 1.04. The van der Waals surface area contributed by atoms with Gasteiger partial charge in [0.1, 0.15) is 0 Å². The Labute approximate surface area is 109 Å². The molecule has 3 nitrogen and oxygen atoms in total. The van der Waals surface area contributed by atoms with Crippen LogP contribution in [-0.2, 0) is 0 Å². The average Bonchev–Trinajstić information content (AvgIpc) is 2.18. The number of hydrazine groups is 1. The SMILES string of the molecule is Cc1cc(NN)c2cc(Br)cc(C)c2n1.Cl. The lowest BCUT2D eigenvalue weighted by atomic mass is 10.1. The van der Waals surface area contributed by atoms with Gasteiger partial charge in [0.15, 0.2) is 0 Å². The standard InChI is InChI=1S/C11H12BrN3.ClH/c1-6-3-8(12)5-9-10(15-13)4-7(2)14-11(6)9;/h3-5H,13H2,1-2H3,(H,14,15);1H. The molecule has 1 aromatic carbocycles. The highest BCUT2D eigenvalue weighted by Gasteiger charge is 2.06. The summed E-state index contributed by atoms with van der Waals surface area (Å²) >= 11 is 3.47. The number of hydrogen-bond acceptors (Lipinski definition) is 3. The van der Waals surface area contributed by atoms with Crippen molar-refractivity contribution < 1.29 is 0 Å². The van der Waals surface area contributed by atoms with Crippen LogP contribution in [0.25, 0.3) is 10.9 Å². The van der Waals surface area contributed by atoms with Crippen LogP contribution in [0.2, 0.25) is 0 Å². The van der Waals surface area contributed by atoms with Crippen molar-refractivity contribution in [3.8, 4) is 0 Å². The van der Waals surface area contributed by atoms with E-state index in [4.69, 9.17) is 5.84 Å². The van der Waals surface area contributed by atoms with E-state index >= 15 is 0 Å². The molecule has 0 aliphatic rings. The zero-order valence-electron chi connectivity index (χ0n) is 9.04. The molecule has 0 unspecified atom stereocenters. The molecule has 0 bridgehead atoms. The Kier molecular flexibility index (Phi) is 4.13. The normalized spacial score (nSPS) is 10.0. The van der Waals surface area contributed by atoms with Gasteiger partial charge in [-0.3, -0.25) is 10.8 Å². The largest absolute Gasteiger partial charge is 0.323 e. The number of aromatic nitrogens is 1. The number of aryl methyl sites for hydroxylation is 2. The highest BCUT2D eigenvalue weighted by atomic mass is 79.9. The molecule has 5 heteroatoms. The van der Waals surface area contributed by atoms with Crippen LogP contribution in [0.1, 0.15) is 11.3 Å². The fourth-order valence-corrected chi connectivity index (χ4v) is 2.28. The van der Waals surface area contributed by atoms with E-state index in [0.717, 1.165) is 32.3 Å². The van der Waals surface area contributed by atoms with Gasteiger partial charge in [0.2, 0.25) is 0 Å². The third-order valence-corrected chi connectivity index (χ3v) is 2.81. The topological polar surface area (TPSA) is 50.9 Å². The molecule has 1 heterocycles.